The fourth-order valence-corrected chi connectivity index (χ4v) is 10.5. The molecule has 0 bridgehead atoms. The van der Waals surface area contributed by atoms with Crippen molar-refractivity contribution >= 4 is 89.4 Å². The lowest BCUT2D eigenvalue weighted by Gasteiger charge is -2.16. The summed E-state index contributed by atoms with van der Waals surface area (Å²) in [5.74, 6) is 1.56. The third kappa shape index (κ3) is 7.15. The number of thiophene rings is 3. The van der Waals surface area contributed by atoms with Gasteiger partial charge in [0.25, 0.3) is 0 Å². The quantitative estimate of drug-likeness (QED) is 0.130. The number of hydrogen-bond donors (Lipinski definition) is 2. The zero-order chi connectivity index (χ0) is 25.7. The molecule has 3 aromatic heterocycles. The zero-order valence-electron chi connectivity index (χ0n) is 21.7. The minimum Gasteiger partial charge on any atom is -0.309 e. The molecule has 3 aromatic rings. The molecule has 198 valence electrons. The van der Waals surface area contributed by atoms with E-state index < -0.39 is 0 Å². The molecule has 4 rings (SSSR count). The van der Waals surface area contributed by atoms with Crippen LogP contribution in [0.5, 0.6) is 0 Å². The summed E-state index contributed by atoms with van der Waals surface area (Å²) in [6.45, 7) is 9.22. The van der Waals surface area contributed by atoms with Crippen LogP contribution in [0.15, 0.2) is 22.9 Å². The molecule has 4 unspecified atom stereocenters. The van der Waals surface area contributed by atoms with Gasteiger partial charge in [-0.2, -0.15) is 0 Å². The Morgan fingerprint density at radius 3 is 1.56 bits per heavy atom. The van der Waals surface area contributed by atoms with E-state index >= 15 is 0 Å². The first-order valence-electron chi connectivity index (χ1n) is 13.2. The molecule has 0 aliphatic carbocycles. The van der Waals surface area contributed by atoms with E-state index in [9.17, 15) is 0 Å². The first kappa shape index (κ1) is 29.0. The Morgan fingerprint density at radius 2 is 1.17 bits per heavy atom. The van der Waals surface area contributed by atoms with Gasteiger partial charge in [0.15, 0.2) is 0 Å². The molecular weight excluding hydrogens is 652 g/mol. The molecule has 0 saturated carbocycles. The Bertz CT molecular complexity index is 1020. The van der Waals surface area contributed by atoms with Crippen molar-refractivity contribution in [3.8, 4) is 19.5 Å². The van der Waals surface area contributed by atoms with Crippen molar-refractivity contribution in [2.75, 3.05) is 9.44 Å². The molecular formula is C28H38Br2N2S4. The highest BCUT2D eigenvalue weighted by atomic mass is 79.9. The maximum Gasteiger partial charge on any atom is 0.0902 e. The van der Waals surface area contributed by atoms with Gasteiger partial charge < -0.3 is 9.44 Å². The summed E-state index contributed by atoms with van der Waals surface area (Å²) < 4.78 is 7.17. The van der Waals surface area contributed by atoms with E-state index in [0.29, 0.717) is 9.65 Å². The van der Waals surface area contributed by atoms with Gasteiger partial charge in [0.05, 0.1) is 33.3 Å². The molecule has 4 atom stereocenters. The van der Waals surface area contributed by atoms with Gasteiger partial charge in [0.1, 0.15) is 0 Å². The molecule has 8 heteroatoms. The molecule has 2 N–H and O–H groups in total. The smallest absolute Gasteiger partial charge is 0.0902 e. The van der Waals surface area contributed by atoms with Crippen LogP contribution in [0.3, 0.4) is 0 Å². The second-order valence-electron chi connectivity index (χ2n) is 10.0. The number of anilines is 2. The van der Waals surface area contributed by atoms with Gasteiger partial charge in [0, 0.05) is 19.4 Å². The summed E-state index contributed by atoms with van der Waals surface area (Å²) in [6.07, 6.45) is 9.86. The number of nitrogens with one attached hydrogen (secondary N) is 2. The Kier molecular flexibility index (Phi) is 11.2. The highest BCUT2D eigenvalue weighted by Crippen LogP contribution is 2.56. The van der Waals surface area contributed by atoms with Crippen molar-refractivity contribution in [1.29, 1.82) is 0 Å². The highest BCUT2D eigenvalue weighted by molar-refractivity contribution is 9.09. The molecule has 0 radical (unpaired) electrons. The lowest BCUT2D eigenvalue weighted by atomic mass is 9.93. The topological polar surface area (TPSA) is 24.1 Å². The van der Waals surface area contributed by atoms with E-state index in [-0.39, 0.29) is 0 Å². The normalized spacial score (nSPS) is 16.3. The maximum absolute atomic E-state index is 3.77. The molecule has 0 aromatic carbocycles. The van der Waals surface area contributed by atoms with Crippen molar-refractivity contribution < 1.29 is 0 Å². The van der Waals surface area contributed by atoms with E-state index in [1.165, 1.54) is 80.5 Å². The first-order chi connectivity index (χ1) is 17.4. The lowest BCUT2D eigenvalue weighted by molar-refractivity contribution is 0.439. The minimum atomic E-state index is 0.593. The summed E-state index contributed by atoms with van der Waals surface area (Å²) in [6, 6.07) is 4.72. The largest absolute Gasteiger partial charge is 0.309 e. The zero-order valence-corrected chi connectivity index (χ0v) is 28.1. The van der Waals surface area contributed by atoms with Crippen molar-refractivity contribution in [3.63, 3.8) is 0 Å². The monoisotopic (exact) mass is 688 g/mol. The fourth-order valence-electron chi connectivity index (χ4n) is 5.15. The molecule has 0 amide bonds. The lowest BCUT2D eigenvalue weighted by Crippen LogP contribution is -2.06. The molecule has 0 saturated heterocycles. The number of fused-ring (bicyclic) bond motifs is 1. The van der Waals surface area contributed by atoms with Gasteiger partial charge in [0.2, 0.25) is 0 Å². The van der Waals surface area contributed by atoms with E-state index in [4.69, 9.17) is 0 Å². The first-order valence-corrected chi connectivity index (χ1v) is 18.4. The van der Waals surface area contributed by atoms with Crippen LogP contribution in [0.4, 0.5) is 11.4 Å². The Balaban J connectivity index is 1.56. The van der Waals surface area contributed by atoms with Crippen molar-refractivity contribution in [1.82, 2.24) is 0 Å². The van der Waals surface area contributed by atoms with Gasteiger partial charge in [-0.25, -0.2) is 0 Å². The van der Waals surface area contributed by atoms with Gasteiger partial charge in [-0.05, 0) is 84.4 Å². The highest BCUT2D eigenvalue weighted by Gasteiger charge is 2.28. The number of halogens is 2. The average molecular weight is 691 g/mol. The van der Waals surface area contributed by atoms with Crippen molar-refractivity contribution in [2.24, 2.45) is 11.8 Å². The van der Waals surface area contributed by atoms with E-state index in [1.54, 1.807) is 12.1 Å². The van der Waals surface area contributed by atoms with E-state index in [1.807, 2.05) is 34.0 Å². The summed E-state index contributed by atoms with van der Waals surface area (Å²) >= 11 is 14.9. The molecule has 2 nitrogen and oxygen atoms in total. The molecule has 0 fully saturated rings. The number of hydrogen-bond acceptors (Lipinski definition) is 6. The van der Waals surface area contributed by atoms with Crippen LogP contribution >= 0.6 is 78.0 Å². The molecule has 0 spiro atoms. The fraction of sp³-hybridized carbons (Fsp3) is 0.571. The summed E-state index contributed by atoms with van der Waals surface area (Å²) in [4.78, 5) is 6.91. The average Bonchev–Trinajstić information content (AvgIpc) is 3.63. The van der Waals surface area contributed by atoms with Crippen LogP contribution in [0.2, 0.25) is 0 Å². The molecule has 36 heavy (non-hydrogen) atoms. The second-order valence-corrected chi connectivity index (χ2v) is 16.6. The van der Waals surface area contributed by atoms with Crippen LogP contribution in [0, 0.1) is 11.8 Å². The molecule has 1 aliphatic rings. The SMILES string of the molecule is CCC(CCc1ccsc1-c1sc(-c2sccc2CCC(CC)CC(C)Br)c2c1NSN2)CC(C)Br. The van der Waals surface area contributed by atoms with Gasteiger partial charge in [-0.15, -0.1) is 34.0 Å². The second kappa shape index (κ2) is 13.9. The Morgan fingerprint density at radius 1 is 0.722 bits per heavy atom. The van der Waals surface area contributed by atoms with Crippen LogP contribution in [0.25, 0.3) is 19.5 Å². The van der Waals surface area contributed by atoms with Crippen LogP contribution in [-0.2, 0) is 12.8 Å². The van der Waals surface area contributed by atoms with Crippen molar-refractivity contribution in [3.05, 3.63) is 34.0 Å². The molecule has 1 aliphatic heterocycles. The Hall–Kier alpha value is 0.01000. The number of alkyl halides is 2. The summed E-state index contributed by atoms with van der Waals surface area (Å²) in [7, 11) is 0. The number of rotatable bonds is 14. The molecule has 4 heterocycles. The van der Waals surface area contributed by atoms with E-state index in [2.05, 4.69) is 91.9 Å². The number of aryl methyl sites for hydroxylation is 2. The predicted octanol–water partition coefficient (Wildman–Crippen LogP) is 11.9. The summed E-state index contributed by atoms with van der Waals surface area (Å²) in [5.41, 5.74) is 5.58. The predicted molar refractivity (Wildman–Crippen MR) is 176 cm³/mol. The van der Waals surface area contributed by atoms with Crippen LogP contribution in [-0.4, -0.2) is 9.65 Å². The van der Waals surface area contributed by atoms with Gasteiger partial charge >= 0.3 is 0 Å². The van der Waals surface area contributed by atoms with Crippen molar-refractivity contribution in [2.45, 2.75) is 88.7 Å². The van der Waals surface area contributed by atoms with Gasteiger partial charge in [-0.3, -0.25) is 0 Å². The van der Waals surface area contributed by atoms with Gasteiger partial charge in [-0.1, -0.05) is 72.4 Å². The van der Waals surface area contributed by atoms with Crippen LogP contribution < -0.4 is 9.44 Å². The summed E-state index contributed by atoms with van der Waals surface area (Å²) in [5, 5.41) is 4.57. The third-order valence-electron chi connectivity index (χ3n) is 7.24. The Labute approximate surface area is 251 Å². The van der Waals surface area contributed by atoms with E-state index in [0.717, 1.165) is 24.7 Å². The standard InChI is InChI=1S/C28H38Br2N2S4/c1-5-19(15-17(3)29)7-9-21-11-13-33-25(21)27-23-24(32-36-31-23)28(35-27)26-22(12-14-34-26)10-8-20(6-2)16-18(4)30/h11-14,17-20,31-32H,5-10,15-16H2,1-4H3. The van der Waals surface area contributed by atoms with Crippen LogP contribution in [0.1, 0.15) is 77.3 Å². The minimum absolute atomic E-state index is 0.593. The third-order valence-corrected chi connectivity index (χ3v) is 12.0. The maximum atomic E-state index is 3.77.